The topological polar surface area (TPSA) is 34.0 Å². The summed E-state index contributed by atoms with van der Waals surface area (Å²) in [6.07, 6.45) is 0. The lowest BCUT2D eigenvalue weighted by atomic mass is 9.70. The molecule has 2 heterocycles. The SMILES string of the molecule is CC1(C)c2ccccc2-c2nc(-n3c4ccc(-c5ccc(N(c6ccc(-c7ccccc7)cc6)c6ccc(-c7ccccc7)cc6)cc5)cc4c4c5ccccc5ccc43)nc3cccc1c23. The van der Waals surface area contributed by atoms with Crippen molar-refractivity contribution >= 4 is 60.5 Å². The van der Waals surface area contributed by atoms with Crippen LogP contribution in [-0.2, 0) is 5.41 Å². The molecule has 0 fully saturated rings. The summed E-state index contributed by atoms with van der Waals surface area (Å²) in [6.45, 7) is 4.62. The lowest BCUT2D eigenvalue weighted by Gasteiger charge is -2.34. The standard InChI is InChI=1S/C63H44N4/c1-63(2)54-21-12-11-20-52(54)61-60-55(63)22-13-23-56(60)64-62(65-61)67-57-38-31-47(40-53(57)59-51-19-10-9-18-46(51)30-39-58(59)67)45-28-36-50(37-29-45)66(48-32-24-43(25-33-48)41-14-5-3-6-15-41)49-34-26-44(27-35-49)42-16-7-4-8-17-42/h3-40H,1-2H3. The second-order valence-corrected chi connectivity index (χ2v) is 18.2. The van der Waals surface area contributed by atoms with Gasteiger partial charge in [-0.1, -0.05) is 184 Å². The molecule has 4 nitrogen and oxygen atoms in total. The number of hydrogen-bond donors (Lipinski definition) is 0. The molecule has 1 aliphatic rings. The maximum atomic E-state index is 5.51. The molecule has 0 amide bonds. The number of aromatic nitrogens is 3. The van der Waals surface area contributed by atoms with E-state index in [-0.39, 0.29) is 5.41 Å². The molecule has 0 bridgehead atoms. The Balaban J connectivity index is 0.940. The van der Waals surface area contributed by atoms with Gasteiger partial charge in [0.1, 0.15) is 0 Å². The van der Waals surface area contributed by atoms with Gasteiger partial charge in [0.05, 0.1) is 22.2 Å². The average molecular weight is 857 g/mol. The Hall–Kier alpha value is -8.60. The molecule has 0 saturated carbocycles. The molecule has 0 aliphatic heterocycles. The molecule has 0 atom stereocenters. The zero-order valence-electron chi connectivity index (χ0n) is 37.2. The van der Waals surface area contributed by atoms with E-state index >= 15 is 0 Å². The maximum Gasteiger partial charge on any atom is 0.235 e. The van der Waals surface area contributed by atoms with E-state index in [0.29, 0.717) is 5.95 Å². The summed E-state index contributed by atoms with van der Waals surface area (Å²) in [5.74, 6) is 0.676. The first-order valence-corrected chi connectivity index (χ1v) is 23.1. The first-order chi connectivity index (χ1) is 33.0. The number of hydrogen-bond acceptors (Lipinski definition) is 3. The summed E-state index contributed by atoms with van der Waals surface area (Å²) in [6, 6.07) is 83.2. The summed E-state index contributed by atoms with van der Waals surface area (Å²) in [5, 5.41) is 5.91. The van der Waals surface area contributed by atoms with Crippen LogP contribution >= 0.6 is 0 Å². The molecule has 4 heteroatoms. The van der Waals surface area contributed by atoms with Gasteiger partial charge in [-0.25, -0.2) is 9.97 Å². The molecule has 12 aromatic rings. The molecule has 1 aliphatic carbocycles. The molecular formula is C63H44N4. The van der Waals surface area contributed by atoms with Gasteiger partial charge in [0.2, 0.25) is 5.95 Å². The van der Waals surface area contributed by atoms with Crippen molar-refractivity contribution in [2.75, 3.05) is 4.90 Å². The number of anilines is 3. The van der Waals surface area contributed by atoms with Gasteiger partial charge in [-0.15, -0.1) is 0 Å². The van der Waals surface area contributed by atoms with Crippen molar-refractivity contribution in [3.05, 3.63) is 242 Å². The molecule has 13 rings (SSSR count). The molecule has 0 spiro atoms. The largest absolute Gasteiger partial charge is 0.311 e. The number of nitrogens with zero attached hydrogens (tertiary/aromatic N) is 4. The van der Waals surface area contributed by atoms with Crippen molar-refractivity contribution < 1.29 is 0 Å². The van der Waals surface area contributed by atoms with Crippen LogP contribution in [0.3, 0.4) is 0 Å². The van der Waals surface area contributed by atoms with E-state index in [4.69, 9.17) is 9.97 Å². The minimum Gasteiger partial charge on any atom is -0.311 e. The minimum atomic E-state index is -0.172. The van der Waals surface area contributed by atoms with Crippen LogP contribution in [0.4, 0.5) is 17.1 Å². The van der Waals surface area contributed by atoms with E-state index < -0.39 is 0 Å². The van der Waals surface area contributed by atoms with Crippen molar-refractivity contribution in [2.45, 2.75) is 19.3 Å². The fourth-order valence-corrected chi connectivity index (χ4v) is 10.7. The predicted molar refractivity (Wildman–Crippen MR) is 280 cm³/mol. The van der Waals surface area contributed by atoms with Crippen molar-refractivity contribution in [3.8, 4) is 50.6 Å². The Morgan fingerprint density at radius 1 is 0.388 bits per heavy atom. The fourth-order valence-electron chi connectivity index (χ4n) is 10.7. The van der Waals surface area contributed by atoms with Gasteiger partial charge in [0.25, 0.3) is 0 Å². The van der Waals surface area contributed by atoms with Crippen LogP contribution < -0.4 is 4.90 Å². The van der Waals surface area contributed by atoms with Crippen LogP contribution in [0.5, 0.6) is 0 Å². The predicted octanol–water partition coefficient (Wildman–Crippen LogP) is 16.7. The molecule has 0 unspecified atom stereocenters. The average Bonchev–Trinajstić information content (AvgIpc) is 3.73. The Labute approximate surface area is 389 Å². The van der Waals surface area contributed by atoms with Gasteiger partial charge < -0.3 is 4.90 Å². The third-order valence-electron chi connectivity index (χ3n) is 14.0. The first-order valence-electron chi connectivity index (χ1n) is 23.1. The molecule has 316 valence electrons. The highest BCUT2D eigenvalue weighted by Crippen LogP contribution is 2.48. The zero-order chi connectivity index (χ0) is 44.6. The van der Waals surface area contributed by atoms with Gasteiger partial charge in [0.15, 0.2) is 0 Å². The Morgan fingerprint density at radius 2 is 0.910 bits per heavy atom. The van der Waals surface area contributed by atoms with Crippen LogP contribution in [-0.4, -0.2) is 14.5 Å². The summed E-state index contributed by atoms with van der Waals surface area (Å²) in [5.41, 5.74) is 18.0. The van der Waals surface area contributed by atoms with Gasteiger partial charge in [-0.3, -0.25) is 4.57 Å². The van der Waals surface area contributed by atoms with E-state index in [2.05, 4.69) is 254 Å². The van der Waals surface area contributed by atoms with E-state index in [9.17, 15) is 0 Å². The van der Waals surface area contributed by atoms with Crippen LogP contribution in [0.1, 0.15) is 25.0 Å². The quantitative estimate of drug-likeness (QED) is 0.160. The summed E-state index contributed by atoms with van der Waals surface area (Å²) >= 11 is 0. The Bertz CT molecular complexity index is 3770. The Morgan fingerprint density at radius 3 is 1.57 bits per heavy atom. The summed E-state index contributed by atoms with van der Waals surface area (Å²) < 4.78 is 2.28. The van der Waals surface area contributed by atoms with Crippen LogP contribution in [0, 0.1) is 0 Å². The Kier molecular flexibility index (Phi) is 8.84. The number of fused-ring (bicyclic) bond motifs is 7. The normalized spacial score (nSPS) is 12.7. The lowest BCUT2D eigenvalue weighted by molar-refractivity contribution is 0.643. The first kappa shape index (κ1) is 38.8. The molecule has 67 heavy (non-hydrogen) atoms. The third kappa shape index (κ3) is 6.29. The lowest BCUT2D eigenvalue weighted by Crippen LogP contribution is -2.24. The maximum absolute atomic E-state index is 5.51. The number of benzene rings is 10. The van der Waals surface area contributed by atoms with Crippen molar-refractivity contribution in [2.24, 2.45) is 0 Å². The van der Waals surface area contributed by atoms with E-state index in [1.165, 1.54) is 60.5 Å². The van der Waals surface area contributed by atoms with Gasteiger partial charge >= 0.3 is 0 Å². The van der Waals surface area contributed by atoms with E-state index in [1.807, 2.05) is 0 Å². The highest BCUT2D eigenvalue weighted by atomic mass is 15.2. The van der Waals surface area contributed by atoms with Gasteiger partial charge in [0, 0.05) is 44.2 Å². The monoisotopic (exact) mass is 856 g/mol. The van der Waals surface area contributed by atoms with E-state index in [0.717, 1.165) is 55.8 Å². The van der Waals surface area contributed by atoms with Crippen LogP contribution in [0.2, 0.25) is 0 Å². The number of rotatable bonds is 7. The summed E-state index contributed by atoms with van der Waals surface area (Å²) in [7, 11) is 0. The molecule has 0 radical (unpaired) electrons. The van der Waals surface area contributed by atoms with Crippen molar-refractivity contribution in [3.63, 3.8) is 0 Å². The van der Waals surface area contributed by atoms with Crippen molar-refractivity contribution in [1.29, 1.82) is 0 Å². The highest BCUT2D eigenvalue weighted by molar-refractivity contribution is 6.22. The molecule has 0 N–H and O–H groups in total. The fraction of sp³-hybridized carbons (Fsp3) is 0.0476. The highest BCUT2D eigenvalue weighted by Gasteiger charge is 2.35. The molecule has 2 aromatic heterocycles. The summed E-state index contributed by atoms with van der Waals surface area (Å²) in [4.78, 5) is 13.2. The molecule has 10 aromatic carbocycles. The molecule has 0 saturated heterocycles. The van der Waals surface area contributed by atoms with Crippen molar-refractivity contribution in [1.82, 2.24) is 14.5 Å². The second kappa shape index (κ2) is 15.3. The molecular weight excluding hydrogens is 813 g/mol. The van der Waals surface area contributed by atoms with Crippen LogP contribution in [0.25, 0.3) is 94.1 Å². The zero-order valence-corrected chi connectivity index (χ0v) is 37.2. The smallest absolute Gasteiger partial charge is 0.235 e. The minimum absolute atomic E-state index is 0.172. The second-order valence-electron chi connectivity index (χ2n) is 18.2. The van der Waals surface area contributed by atoms with E-state index in [1.54, 1.807) is 0 Å². The van der Waals surface area contributed by atoms with Gasteiger partial charge in [-0.2, -0.15) is 0 Å². The van der Waals surface area contributed by atoms with Gasteiger partial charge in [-0.05, 0) is 116 Å². The van der Waals surface area contributed by atoms with Crippen LogP contribution in [0.15, 0.2) is 231 Å². The third-order valence-corrected chi connectivity index (χ3v) is 14.0.